The number of esters is 1. The van der Waals surface area contributed by atoms with Crippen molar-refractivity contribution in [2.75, 3.05) is 0 Å². The van der Waals surface area contributed by atoms with Crippen LogP contribution in [0.25, 0.3) is 0 Å². The quantitative estimate of drug-likeness (QED) is 0.552. The Balaban J connectivity index is 2.32. The zero-order valence-corrected chi connectivity index (χ0v) is 8.87. The van der Waals surface area contributed by atoms with Gasteiger partial charge in [0.15, 0.2) is 0 Å². The van der Waals surface area contributed by atoms with Gasteiger partial charge in [-0.3, -0.25) is 9.59 Å². The van der Waals surface area contributed by atoms with E-state index in [1.165, 1.54) is 0 Å². The normalized spacial score (nSPS) is 47.5. The number of rotatable bonds is 0. The number of fused-ring (bicyclic) bond motifs is 1. The van der Waals surface area contributed by atoms with Crippen LogP contribution in [-0.4, -0.2) is 17.9 Å². The van der Waals surface area contributed by atoms with E-state index < -0.39 is 0 Å². The van der Waals surface area contributed by atoms with Crippen LogP contribution in [0.15, 0.2) is 0 Å². The maximum Gasteiger partial charge on any atom is 0.310 e. The van der Waals surface area contributed by atoms with Crippen molar-refractivity contribution in [1.29, 1.82) is 0 Å². The van der Waals surface area contributed by atoms with Crippen LogP contribution in [0.2, 0.25) is 0 Å². The Kier molecular flexibility index (Phi) is 1.95. The molecule has 0 N–H and O–H groups in total. The Morgan fingerprint density at radius 2 is 2.00 bits per heavy atom. The maximum atomic E-state index is 11.5. The predicted octanol–water partition coefficient (Wildman–Crippen LogP) is 1.55. The molecule has 14 heavy (non-hydrogen) atoms. The molecule has 4 atom stereocenters. The lowest BCUT2D eigenvalue weighted by atomic mass is 9.63. The maximum absolute atomic E-state index is 11.5. The van der Waals surface area contributed by atoms with Gasteiger partial charge in [-0.15, -0.1) is 0 Å². The second-order valence-corrected chi connectivity index (χ2v) is 4.91. The van der Waals surface area contributed by atoms with Crippen molar-refractivity contribution in [2.24, 2.45) is 17.3 Å². The molecule has 78 valence electrons. The first kappa shape index (κ1) is 9.69. The molecule has 2 rings (SSSR count). The number of carbonyl (C=O) groups excluding carboxylic acids is 2. The van der Waals surface area contributed by atoms with Gasteiger partial charge in [-0.1, -0.05) is 13.8 Å². The first-order chi connectivity index (χ1) is 6.45. The van der Waals surface area contributed by atoms with E-state index in [9.17, 15) is 9.59 Å². The highest BCUT2D eigenvalue weighted by Gasteiger charge is 2.56. The minimum atomic E-state index is -0.193. The molecule has 1 saturated heterocycles. The topological polar surface area (TPSA) is 43.4 Å². The van der Waals surface area contributed by atoms with Crippen LogP contribution in [-0.2, 0) is 14.3 Å². The zero-order valence-electron chi connectivity index (χ0n) is 8.87. The van der Waals surface area contributed by atoms with E-state index in [-0.39, 0.29) is 35.1 Å². The van der Waals surface area contributed by atoms with E-state index in [2.05, 4.69) is 6.92 Å². The molecular weight excluding hydrogens is 180 g/mol. The van der Waals surface area contributed by atoms with Gasteiger partial charge in [-0.05, 0) is 13.3 Å². The van der Waals surface area contributed by atoms with Gasteiger partial charge in [-0.25, -0.2) is 0 Å². The number of carbonyl (C=O) groups is 2. The van der Waals surface area contributed by atoms with Crippen molar-refractivity contribution in [1.82, 2.24) is 0 Å². The van der Waals surface area contributed by atoms with Crippen LogP contribution in [0.5, 0.6) is 0 Å². The van der Waals surface area contributed by atoms with Gasteiger partial charge in [0.1, 0.15) is 11.9 Å². The van der Waals surface area contributed by atoms with E-state index in [1.807, 2.05) is 13.8 Å². The van der Waals surface area contributed by atoms with Crippen LogP contribution in [0, 0.1) is 17.3 Å². The molecule has 1 heterocycles. The van der Waals surface area contributed by atoms with Crippen LogP contribution >= 0.6 is 0 Å². The van der Waals surface area contributed by atoms with Gasteiger partial charge >= 0.3 is 5.97 Å². The fourth-order valence-corrected chi connectivity index (χ4v) is 2.74. The predicted molar refractivity (Wildman–Crippen MR) is 50.6 cm³/mol. The van der Waals surface area contributed by atoms with Crippen LogP contribution in [0.3, 0.4) is 0 Å². The molecule has 3 heteroatoms. The SMILES string of the molecule is CC1CC2(C)C(C)OC(=O)C2CC1=O. The summed E-state index contributed by atoms with van der Waals surface area (Å²) in [6.45, 7) is 5.94. The summed E-state index contributed by atoms with van der Waals surface area (Å²) in [7, 11) is 0. The van der Waals surface area contributed by atoms with E-state index in [0.29, 0.717) is 6.42 Å². The van der Waals surface area contributed by atoms with E-state index in [1.54, 1.807) is 0 Å². The van der Waals surface area contributed by atoms with Gasteiger partial charge in [-0.2, -0.15) is 0 Å². The largest absolute Gasteiger partial charge is 0.462 e. The van der Waals surface area contributed by atoms with Crippen molar-refractivity contribution in [3.63, 3.8) is 0 Å². The van der Waals surface area contributed by atoms with E-state index in [0.717, 1.165) is 6.42 Å². The lowest BCUT2D eigenvalue weighted by Crippen LogP contribution is -2.41. The van der Waals surface area contributed by atoms with E-state index >= 15 is 0 Å². The molecule has 1 saturated carbocycles. The molecule has 0 aromatic heterocycles. The Labute approximate surface area is 83.8 Å². The van der Waals surface area contributed by atoms with Gasteiger partial charge in [0.05, 0.1) is 5.92 Å². The summed E-state index contributed by atoms with van der Waals surface area (Å²) < 4.78 is 5.22. The van der Waals surface area contributed by atoms with Gasteiger partial charge in [0.2, 0.25) is 0 Å². The number of hydrogen-bond acceptors (Lipinski definition) is 3. The molecule has 0 spiro atoms. The fraction of sp³-hybridized carbons (Fsp3) is 0.818. The standard InChI is InChI=1S/C11H16O3/c1-6-5-11(3)7(2)14-10(13)8(11)4-9(6)12/h6-8H,4-5H2,1-3H3. The second kappa shape index (κ2) is 2.81. The second-order valence-electron chi connectivity index (χ2n) is 4.91. The number of cyclic esters (lactones) is 1. The third-order valence-electron chi connectivity index (χ3n) is 4.00. The molecule has 1 aliphatic carbocycles. The van der Waals surface area contributed by atoms with Crippen LogP contribution < -0.4 is 0 Å². The molecule has 0 aromatic rings. The van der Waals surface area contributed by atoms with Crippen molar-refractivity contribution in [2.45, 2.75) is 39.7 Å². The first-order valence-electron chi connectivity index (χ1n) is 5.18. The molecule has 4 unspecified atom stereocenters. The summed E-state index contributed by atoms with van der Waals surface area (Å²) >= 11 is 0. The highest BCUT2D eigenvalue weighted by molar-refractivity contribution is 5.89. The Bertz CT molecular complexity index is 297. The summed E-state index contributed by atoms with van der Waals surface area (Å²) in [5.41, 5.74) is -0.121. The number of hydrogen-bond donors (Lipinski definition) is 0. The van der Waals surface area contributed by atoms with Gasteiger partial charge < -0.3 is 4.74 Å². The third kappa shape index (κ3) is 1.11. The summed E-state index contributed by atoms with van der Waals surface area (Å²) in [5, 5.41) is 0. The monoisotopic (exact) mass is 196 g/mol. The zero-order chi connectivity index (χ0) is 10.5. The molecule has 0 amide bonds. The average Bonchev–Trinajstić information content (AvgIpc) is 2.29. The third-order valence-corrected chi connectivity index (χ3v) is 4.00. The summed E-state index contributed by atoms with van der Waals surface area (Å²) in [6, 6.07) is 0. The number of ether oxygens (including phenoxy) is 1. The Hall–Kier alpha value is -0.860. The van der Waals surface area contributed by atoms with E-state index in [4.69, 9.17) is 4.74 Å². The molecule has 2 fully saturated rings. The Morgan fingerprint density at radius 3 is 2.64 bits per heavy atom. The van der Waals surface area contributed by atoms with Crippen molar-refractivity contribution >= 4 is 11.8 Å². The summed E-state index contributed by atoms with van der Waals surface area (Å²) in [5.74, 6) is -0.0897. The van der Waals surface area contributed by atoms with Crippen molar-refractivity contribution in [3.05, 3.63) is 0 Å². The lowest BCUT2D eigenvalue weighted by molar-refractivity contribution is -0.145. The highest BCUT2D eigenvalue weighted by Crippen LogP contribution is 2.50. The minimum absolute atomic E-state index is 0.0458. The molecular formula is C11H16O3. The minimum Gasteiger partial charge on any atom is -0.462 e. The van der Waals surface area contributed by atoms with Crippen LogP contribution in [0.4, 0.5) is 0 Å². The average molecular weight is 196 g/mol. The fourth-order valence-electron chi connectivity index (χ4n) is 2.74. The number of ketones is 1. The summed E-state index contributed by atoms with van der Waals surface area (Å²) in [6.07, 6.45) is 1.11. The molecule has 0 aromatic carbocycles. The molecule has 0 radical (unpaired) electrons. The van der Waals surface area contributed by atoms with Crippen LogP contribution in [0.1, 0.15) is 33.6 Å². The van der Waals surface area contributed by atoms with Gasteiger partial charge in [0, 0.05) is 17.8 Å². The van der Waals surface area contributed by atoms with Gasteiger partial charge in [0.25, 0.3) is 0 Å². The first-order valence-corrected chi connectivity index (χ1v) is 5.18. The van der Waals surface area contributed by atoms with Crippen molar-refractivity contribution in [3.8, 4) is 0 Å². The highest BCUT2D eigenvalue weighted by atomic mass is 16.6. The number of Topliss-reactive ketones (excluding diaryl/α,β-unsaturated/α-hetero) is 1. The summed E-state index contributed by atoms with van der Waals surface area (Å²) in [4.78, 5) is 23.0. The molecule has 1 aliphatic heterocycles. The van der Waals surface area contributed by atoms with Crippen molar-refractivity contribution < 1.29 is 14.3 Å². The molecule has 2 aliphatic rings. The molecule has 0 bridgehead atoms. The smallest absolute Gasteiger partial charge is 0.310 e. The Morgan fingerprint density at radius 1 is 1.36 bits per heavy atom. The lowest BCUT2D eigenvalue weighted by Gasteiger charge is -2.37. The molecule has 3 nitrogen and oxygen atoms in total.